The van der Waals surface area contributed by atoms with E-state index < -0.39 is 11.6 Å². The minimum atomic E-state index is -1.06. The van der Waals surface area contributed by atoms with Crippen molar-refractivity contribution in [1.82, 2.24) is 0 Å². The van der Waals surface area contributed by atoms with Crippen LogP contribution in [0.2, 0.25) is 0 Å². The highest BCUT2D eigenvalue weighted by Crippen LogP contribution is 2.48. The monoisotopic (exact) mass is 198 g/mol. The molecule has 0 aromatic rings. The molecule has 78 valence electrons. The zero-order valence-electron chi connectivity index (χ0n) is 8.62. The molecule has 4 nitrogen and oxygen atoms in total. The number of carbonyl (C=O) groups is 2. The first-order valence-corrected chi connectivity index (χ1v) is 4.75. The highest BCUT2D eigenvalue weighted by molar-refractivity contribution is 5.87. The molecule has 2 unspecified atom stereocenters. The van der Waals surface area contributed by atoms with Crippen molar-refractivity contribution in [1.29, 1.82) is 0 Å². The summed E-state index contributed by atoms with van der Waals surface area (Å²) in [4.78, 5) is 22.8. The van der Waals surface area contributed by atoms with Crippen molar-refractivity contribution in [3.8, 4) is 0 Å². The summed E-state index contributed by atoms with van der Waals surface area (Å²) in [7, 11) is 0. The van der Waals surface area contributed by atoms with Crippen molar-refractivity contribution in [2.45, 2.75) is 32.8 Å². The Morgan fingerprint density at radius 2 is 1.93 bits per heavy atom. The Morgan fingerprint density at radius 1 is 1.29 bits per heavy atom. The van der Waals surface area contributed by atoms with E-state index in [1.54, 1.807) is 6.92 Å². The molecule has 4 heteroatoms. The summed E-state index contributed by atoms with van der Waals surface area (Å²) < 4.78 is 10.1. The van der Waals surface area contributed by atoms with Crippen molar-refractivity contribution in [3.63, 3.8) is 0 Å². The maximum atomic E-state index is 11.5. The lowest BCUT2D eigenvalue weighted by atomic mass is 9.68. The molecular weight excluding hydrogens is 184 g/mol. The second-order valence-corrected chi connectivity index (χ2v) is 4.90. The summed E-state index contributed by atoms with van der Waals surface area (Å²) in [6.07, 6.45) is 0.351. The van der Waals surface area contributed by atoms with Crippen LogP contribution in [0.25, 0.3) is 0 Å². The molecule has 0 aromatic carbocycles. The van der Waals surface area contributed by atoms with Gasteiger partial charge in [-0.3, -0.25) is 4.79 Å². The third-order valence-electron chi connectivity index (χ3n) is 3.32. The van der Waals surface area contributed by atoms with Gasteiger partial charge in [-0.25, -0.2) is 4.79 Å². The molecule has 0 N–H and O–H groups in total. The Kier molecular flexibility index (Phi) is 1.69. The summed E-state index contributed by atoms with van der Waals surface area (Å²) in [5, 5.41) is 0. The van der Waals surface area contributed by atoms with Gasteiger partial charge in [0.25, 0.3) is 0 Å². The largest absolute Gasteiger partial charge is 0.462 e. The standard InChI is InChI=1S/C10H14O4/c1-9(2)4-7(11)14-10(3)6(9)5-13-8(10)12/h6H,4-5H2,1-3H3. The van der Waals surface area contributed by atoms with Gasteiger partial charge in [0, 0.05) is 5.92 Å². The van der Waals surface area contributed by atoms with Crippen molar-refractivity contribution in [2.24, 2.45) is 11.3 Å². The van der Waals surface area contributed by atoms with Crippen LogP contribution in [0.1, 0.15) is 27.2 Å². The van der Waals surface area contributed by atoms with Crippen molar-refractivity contribution in [3.05, 3.63) is 0 Å². The van der Waals surface area contributed by atoms with E-state index in [4.69, 9.17) is 9.47 Å². The van der Waals surface area contributed by atoms with E-state index in [2.05, 4.69) is 0 Å². The minimum absolute atomic E-state index is 0.0276. The Balaban J connectivity index is 2.41. The lowest BCUT2D eigenvalue weighted by Crippen LogP contribution is -2.53. The van der Waals surface area contributed by atoms with Gasteiger partial charge in [-0.05, 0) is 12.3 Å². The van der Waals surface area contributed by atoms with Gasteiger partial charge in [0.2, 0.25) is 5.60 Å². The van der Waals surface area contributed by atoms with Gasteiger partial charge in [0.15, 0.2) is 0 Å². The number of cyclic esters (lactones) is 1. The maximum Gasteiger partial charge on any atom is 0.350 e. The van der Waals surface area contributed by atoms with Gasteiger partial charge < -0.3 is 9.47 Å². The smallest absolute Gasteiger partial charge is 0.350 e. The van der Waals surface area contributed by atoms with E-state index in [9.17, 15) is 9.59 Å². The molecule has 0 aliphatic carbocycles. The van der Waals surface area contributed by atoms with Gasteiger partial charge in [0.05, 0.1) is 13.0 Å². The summed E-state index contributed by atoms with van der Waals surface area (Å²) in [6.45, 7) is 5.94. The lowest BCUT2D eigenvalue weighted by Gasteiger charge is -2.42. The molecular formula is C10H14O4. The van der Waals surface area contributed by atoms with Crippen LogP contribution >= 0.6 is 0 Å². The fourth-order valence-electron chi connectivity index (χ4n) is 2.46. The molecule has 2 aliphatic heterocycles. The average molecular weight is 198 g/mol. The number of hydrogen-bond acceptors (Lipinski definition) is 4. The number of rotatable bonds is 0. The van der Waals surface area contributed by atoms with Crippen LogP contribution in [-0.4, -0.2) is 24.1 Å². The van der Waals surface area contributed by atoms with E-state index in [0.29, 0.717) is 13.0 Å². The quantitative estimate of drug-likeness (QED) is 0.542. The first-order valence-electron chi connectivity index (χ1n) is 4.75. The summed E-state index contributed by atoms with van der Waals surface area (Å²) in [5.74, 6) is -0.753. The number of hydrogen-bond donors (Lipinski definition) is 0. The molecule has 2 heterocycles. The Bertz CT molecular complexity index is 307. The molecule has 2 atom stereocenters. The van der Waals surface area contributed by atoms with E-state index in [1.807, 2.05) is 13.8 Å². The maximum absolute atomic E-state index is 11.5. The predicted octanol–water partition coefficient (Wildman–Crippen LogP) is 0.891. The molecule has 2 rings (SSSR count). The SMILES string of the molecule is CC1(C)CC(=O)OC2(C)C(=O)OCC12. The van der Waals surface area contributed by atoms with E-state index >= 15 is 0 Å². The number of ether oxygens (including phenoxy) is 2. The topological polar surface area (TPSA) is 52.6 Å². The lowest BCUT2D eigenvalue weighted by molar-refractivity contribution is -0.188. The molecule has 0 spiro atoms. The Morgan fingerprint density at radius 3 is 2.57 bits per heavy atom. The van der Waals surface area contributed by atoms with Crippen molar-refractivity contribution < 1.29 is 19.1 Å². The van der Waals surface area contributed by atoms with E-state index in [0.717, 1.165) is 0 Å². The van der Waals surface area contributed by atoms with Gasteiger partial charge >= 0.3 is 11.9 Å². The number of carbonyl (C=O) groups excluding carboxylic acids is 2. The van der Waals surface area contributed by atoms with Crippen molar-refractivity contribution in [2.75, 3.05) is 6.61 Å². The first kappa shape index (κ1) is 9.49. The molecule has 0 radical (unpaired) electrons. The van der Waals surface area contributed by atoms with Gasteiger partial charge in [-0.2, -0.15) is 0 Å². The molecule has 0 aromatic heterocycles. The van der Waals surface area contributed by atoms with Gasteiger partial charge in [0.1, 0.15) is 0 Å². The minimum Gasteiger partial charge on any atom is -0.462 e. The summed E-state index contributed by atoms with van der Waals surface area (Å²) in [6, 6.07) is 0. The first-order chi connectivity index (χ1) is 6.36. The third-order valence-corrected chi connectivity index (χ3v) is 3.32. The molecule has 0 saturated carbocycles. The van der Waals surface area contributed by atoms with Crippen LogP contribution in [0.15, 0.2) is 0 Å². The van der Waals surface area contributed by atoms with E-state index in [-0.39, 0.29) is 17.3 Å². The second kappa shape index (κ2) is 2.49. The second-order valence-electron chi connectivity index (χ2n) is 4.90. The van der Waals surface area contributed by atoms with Crippen LogP contribution in [-0.2, 0) is 19.1 Å². The van der Waals surface area contributed by atoms with Crippen LogP contribution < -0.4 is 0 Å². The predicted molar refractivity (Wildman–Crippen MR) is 47.3 cm³/mol. The van der Waals surface area contributed by atoms with Gasteiger partial charge in [-0.15, -0.1) is 0 Å². The molecule has 0 bridgehead atoms. The van der Waals surface area contributed by atoms with Crippen LogP contribution in [0, 0.1) is 11.3 Å². The highest BCUT2D eigenvalue weighted by Gasteiger charge is 2.61. The number of fused-ring (bicyclic) bond motifs is 1. The fourth-order valence-corrected chi connectivity index (χ4v) is 2.46. The third kappa shape index (κ3) is 1.06. The zero-order chi connectivity index (χ0) is 10.6. The van der Waals surface area contributed by atoms with E-state index in [1.165, 1.54) is 0 Å². The Labute approximate surface area is 82.6 Å². The van der Waals surface area contributed by atoms with Crippen LogP contribution in [0.4, 0.5) is 0 Å². The molecule has 2 fully saturated rings. The summed E-state index contributed by atoms with van der Waals surface area (Å²) in [5.41, 5.74) is -1.28. The average Bonchev–Trinajstić information content (AvgIpc) is 2.26. The zero-order valence-corrected chi connectivity index (χ0v) is 8.62. The molecule has 0 amide bonds. The molecule has 2 saturated heterocycles. The van der Waals surface area contributed by atoms with Crippen LogP contribution in [0.3, 0.4) is 0 Å². The van der Waals surface area contributed by atoms with Gasteiger partial charge in [-0.1, -0.05) is 13.8 Å². The highest BCUT2D eigenvalue weighted by atomic mass is 16.6. The molecule has 14 heavy (non-hydrogen) atoms. The van der Waals surface area contributed by atoms with Crippen LogP contribution in [0.5, 0.6) is 0 Å². The number of esters is 2. The normalized spacial score (nSPS) is 40.1. The Hall–Kier alpha value is -1.06. The molecule has 2 aliphatic rings. The fraction of sp³-hybridized carbons (Fsp3) is 0.800. The van der Waals surface area contributed by atoms with Crippen molar-refractivity contribution >= 4 is 11.9 Å². The summed E-state index contributed by atoms with van der Waals surface area (Å²) >= 11 is 0.